The number of guanidine groups is 1. The summed E-state index contributed by atoms with van der Waals surface area (Å²) in [5.41, 5.74) is 1.51. The molecule has 1 aliphatic heterocycles. The van der Waals surface area contributed by atoms with Crippen LogP contribution >= 0.6 is 11.3 Å². The molecule has 2 aromatic rings. The summed E-state index contributed by atoms with van der Waals surface area (Å²) in [4.78, 5) is 8.80. The zero-order valence-corrected chi connectivity index (χ0v) is 11.1. The summed E-state index contributed by atoms with van der Waals surface area (Å²) in [7, 11) is 0. The van der Waals surface area contributed by atoms with E-state index in [1.54, 1.807) is 12.1 Å². The number of thiazole rings is 1. The molecule has 1 aromatic carbocycles. The number of nitrogens with one attached hydrogen (secondary N) is 2. The molecule has 3 rings (SSSR count). The predicted octanol–water partition coefficient (Wildman–Crippen LogP) is 2.28. The maximum Gasteiger partial charge on any atom is 0.197 e. The van der Waals surface area contributed by atoms with Crippen LogP contribution in [0.2, 0.25) is 0 Å². The third kappa shape index (κ3) is 2.68. The Morgan fingerprint density at radius 3 is 3.00 bits per heavy atom. The van der Waals surface area contributed by atoms with Crippen LogP contribution in [0.4, 0.5) is 5.13 Å². The van der Waals surface area contributed by atoms with E-state index in [-0.39, 0.29) is 5.75 Å². The molecule has 0 saturated heterocycles. The Hall–Kier alpha value is -2.08. The fourth-order valence-electron chi connectivity index (χ4n) is 1.86. The Balaban J connectivity index is 1.80. The van der Waals surface area contributed by atoms with E-state index in [0.29, 0.717) is 0 Å². The highest BCUT2D eigenvalue weighted by molar-refractivity contribution is 7.14. The van der Waals surface area contributed by atoms with Gasteiger partial charge in [0.05, 0.1) is 5.69 Å². The molecule has 1 aliphatic rings. The van der Waals surface area contributed by atoms with Crippen LogP contribution in [0.5, 0.6) is 5.75 Å². The number of benzene rings is 1. The molecule has 0 bridgehead atoms. The van der Waals surface area contributed by atoms with Gasteiger partial charge in [0.15, 0.2) is 11.1 Å². The molecule has 0 aliphatic carbocycles. The molecule has 5 nitrogen and oxygen atoms in total. The first kappa shape index (κ1) is 12.0. The van der Waals surface area contributed by atoms with E-state index in [2.05, 4.69) is 20.6 Å². The number of nitrogens with zero attached hydrogens (tertiary/aromatic N) is 2. The van der Waals surface area contributed by atoms with Gasteiger partial charge in [-0.05, 0) is 18.6 Å². The minimum atomic E-state index is 0.243. The van der Waals surface area contributed by atoms with Gasteiger partial charge in [0, 0.05) is 24.0 Å². The lowest BCUT2D eigenvalue weighted by Gasteiger charge is -2.14. The smallest absolute Gasteiger partial charge is 0.197 e. The number of aliphatic imine (C=N–C) groups is 1. The molecule has 0 unspecified atom stereocenters. The fourth-order valence-corrected chi connectivity index (χ4v) is 2.57. The maximum absolute atomic E-state index is 9.80. The molecule has 6 heteroatoms. The summed E-state index contributed by atoms with van der Waals surface area (Å²) in [6.07, 6.45) is 1.06. The van der Waals surface area contributed by atoms with Crippen LogP contribution in [0.15, 0.2) is 34.6 Å². The molecule has 2 heterocycles. The van der Waals surface area contributed by atoms with Crippen molar-refractivity contribution < 1.29 is 5.11 Å². The number of hydrogen-bond donors (Lipinski definition) is 3. The van der Waals surface area contributed by atoms with E-state index < -0.39 is 0 Å². The van der Waals surface area contributed by atoms with Crippen molar-refractivity contribution in [3.05, 3.63) is 29.6 Å². The third-order valence-corrected chi connectivity index (χ3v) is 3.56. The molecule has 0 saturated carbocycles. The number of aromatic nitrogens is 1. The van der Waals surface area contributed by atoms with Crippen LogP contribution in [0.1, 0.15) is 6.42 Å². The van der Waals surface area contributed by atoms with E-state index in [9.17, 15) is 5.11 Å². The van der Waals surface area contributed by atoms with Crippen molar-refractivity contribution >= 4 is 22.4 Å². The zero-order chi connectivity index (χ0) is 13.1. The molecule has 0 atom stereocenters. The van der Waals surface area contributed by atoms with Crippen molar-refractivity contribution in [2.75, 3.05) is 18.4 Å². The molecular weight excluding hydrogens is 260 g/mol. The standard InChI is InChI=1S/C13H14N4OS/c18-11-5-2-1-4-9(11)10-8-19-13(16-10)17-12-14-6-3-7-15-12/h1-2,4-5,8,18H,3,6-7H2,(H2,14,15,16,17). The van der Waals surface area contributed by atoms with Crippen molar-refractivity contribution in [3.63, 3.8) is 0 Å². The second-order valence-corrected chi connectivity index (χ2v) is 5.05. The molecule has 0 fully saturated rings. The van der Waals surface area contributed by atoms with Crippen molar-refractivity contribution in [1.29, 1.82) is 0 Å². The molecule has 19 heavy (non-hydrogen) atoms. The highest BCUT2D eigenvalue weighted by Gasteiger charge is 2.10. The quantitative estimate of drug-likeness (QED) is 0.786. The van der Waals surface area contributed by atoms with Crippen molar-refractivity contribution in [1.82, 2.24) is 10.3 Å². The summed E-state index contributed by atoms with van der Waals surface area (Å²) < 4.78 is 0. The summed E-state index contributed by atoms with van der Waals surface area (Å²) >= 11 is 1.49. The number of para-hydroxylation sites is 1. The number of aromatic hydroxyl groups is 1. The number of phenolic OH excluding ortho intramolecular Hbond substituents is 1. The van der Waals surface area contributed by atoms with E-state index in [0.717, 1.165) is 41.9 Å². The summed E-state index contributed by atoms with van der Waals surface area (Å²) in [5, 5.41) is 18.8. The molecule has 1 aromatic heterocycles. The van der Waals surface area contributed by atoms with E-state index in [1.807, 2.05) is 17.5 Å². The Labute approximate surface area is 115 Å². The van der Waals surface area contributed by atoms with Gasteiger partial charge in [-0.2, -0.15) is 0 Å². The number of phenols is 1. The number of anilines is 1. The van der Waals surface area contributed by atoms with Crippen LogP contribution in [0.3, 0.4) is 0 Å². The molecule has 98 valence electrons. The Bertz CT molecular complexity index is 608. The van der Waals surface area contributed by atoms with Crippen molar-refractivity contribution in [2.45, 2.75) is 6.42 Å². The van der Waals surface area contributed by atoms with Gasteiger partial charge < -0.3 is 15.7 Å². The van der Waals surface area contributed by atoms with Crippen molar-refractivity contribution in [3.8, 4) is 17.0 Å². The minimum absolute atomic E-state index is 0.243. The minimum Gasteiger partial charge on any atom is -0.507 e. The van der Waals surface area contributed by atoms with Gasteiger partial charge in [-0.3, -0.25) is 4.99 Å². The Morgan fingerprint density at radius 2 is 2.21 bits per heavy atom. The van der Waals surface area contributed by atoms with Gasteiger partial charge in [-0.1, -0.05) is 12.1 Å². The highest BCUT2D eigenvalue weighted by Crippen LogP contribution is 2.31. The van der Waals surface area contributed by atoms with Crippen molar-refractivity contribution in [2.24, 2.45) is 4.99 Å². The predicted molar refractivity (Wildman–Crippen MR) is 77.8 cm³/mol. The first-order chi connectivity index (χ1) is 9.33. The van der Waals surface area contributed by atoms with Crippen LogP contribution in [0, 0.1) is 0 Å². The molecule has 0 spiro atoms. The first-order valence-corrected chi connectivity index (χ1v) is 7.00. The Morgan fingerprint density at radius 1 is 1.32 bits per heavy atom. The molecule has 3 N–H and O–H groups in total. The van der Waals surface area contributed by atoms with Gasteiger partial charge in [0.25, 0.3) is 0 Å². The fraction of sp³-hybridized carbons (Fsp3) is 0.231. The van der Waals surface area contributed by atoms with E-state index in [1.165, 1.54) is 11.3 Å². The zero-order valence-electron chi connectivity index (χ0n) is 10.3. The van der Waals surface area contributed by atoms with Gasteiger partial charge in [0.1, 0.15) is 5.75 Å². The van der Waals surface area contributed by atoms with E-state index >= 15 is 0 Å². The van der Waals surface area contributed by atoms with Gasteiger partial charge >= 0.3 is 0 Å². The molecule has 0 radical (unpaired) electrons. The van der Waals surface area contributed by atoms with Gasteiger partial charge in [-0.15, -0.1) is 11.3 Å². The van der Waals surface area contributed by atoms with Crippen LogP contribution < -0.4 is 10.6 Å². The number of hydrogen-bond acceptors (Lipinski definition) is 6. The lowest BCUT2D eigenvalue weighted by Crippen LogP contribution is -2.35. The topological polar surface area (TPSA) is 69.5 Å². The van der Waals surface area contributed by atoms with Gasteiger partial charge in [0.2, 0.25) is 0 Å². The lowest BCUT2D eigenvalue weighted by atomic mass is 10.1. The highest BCUT2D eigenvalue weighted by atomic mass is 32.1. The lowest BCUT2D eigenvalue weighted by molar-refractivity contribution is 0.477. The average molecular weight is 274 g/mol. The summed E-state index contributed by atoms with van der Waals surface area (Å²) in [6, 6.07) is 7.19. The van der Waals surface area contributed by atoms with Crippen LogP contribution in [-0.4, -0.2) is 29.1 Å². The van der Waals surface area contributed by atoms with Gasteiger partial charge in [-0.25, -0.2) is 4.98 Å². The second-order valence-electron chi connectivity index (χ2n) is 4.19. The summed E-state index contributed by atoms with van der Waals surface area (Å²) in [6.45, 7) is 1.77. The molecule has 0 amide bonds. The van der Waals surface area contributed by atoms with Crippen LogP contribution in [-0.2, 0) is 0 Å². The SMILES string of the molecule is Oc1ccccc1-c1csc(NC2=NCCCN2)n1. The molecular formula is C13H14N4OS. The monoisotopic (exact) mass is 274 g/mol. The van der Waals surface area contributed by atoms with E-state index in [4.69, 9.17) is 0 Å². The first-order valence-electron chi connectivity index (χ1n) is 6.12. The largest absolute Gasteiger partial charge is 0.507 e. The third-order valence-electron chi connectivity index (χ3n) is 2.81. The van der Waals surface area contributed by atoms with Crippen LogP contribution in [0.25, 0.3) is 11.3 Å². The normalized spacial score (nSPS) is 14.6. The maximum atomic E-state index is 9.80. The number of rotatable bonds is 2. The summed E-state index contributed by atoms with van der Waals surface area (Å²) in [5.74, 6) is 1.01. The second kappa shape index (κ2) is 5.27. The Kier molecular flexibility index (Phi) is 3.33. The average Bonchev–Trinajstić information content (AvgIpc) is 2.89.